The molecule has 0 atom stereocenters. The third kappa shape index (κ3) is 3.48. The number of nitrogens with one attached hydrogen (secondary N) is 1. The molecular weight excluding hydrogens is 406 g/mol. The van der Waals surface area contributed by atoms with Crippen molar-refractivity contribution >= 4 is 54.8 Å². The van der Waals surface area contributed by atoms with E-state index in [0.717, 1.165) is 12.1 Å². The second-order valence-electron chi connectivity index (χ2n) is 4.08. The van der Waals surface area contributed by atoms with Crippen LogP contribution in [0.3, 0.4) is 0 Å². The summed E-state index contributed by atoms with van der Waals surface area (Å²) < 4.78 is 41.1. The summed E-state index contributed by atoms with van der Waals surface area (Å²) in [6, 6.07) is 3.28. The van der Waals surface area contributed by atoms with E-state index in [9.17, 15) is 12.8 Å². The summed E-state index contributed by atoms with van der Waals surface area (Å²) in [4.78, 5) is 3.31. The maximum atomic E-state index is 13.8. The Kier molecular flexibility index (Phi) is 4.77. The second kappa shape index (κ2) is 6.08. The molecule has 0 unspecified atom stereocenters. The Morgan fingerprint density at radius 3 is 2.62 bits per heavy atom. The van der Waals surface area contributed by atoms with Gasteiger partial charge in [-0.15, -0.1) is 0 Å². The quantitative estimate of drug-likeness (QED) is 0.758. The number of halogens is 4. The van der Waals surface area contributed by atoms with E-state index in [1.807, 2.05) is 0 Å². The Morgan fingerprint density at radius 1 is 1.33 bits per heavy atom. The summed E-state index contributed by atoms with van der Waals surface area (Å²) in [5.41, 5.74) is 0.619. The Bertz CT molecular complexity index is 815. The number of rotatable bonds is 3. The van der Waals surface area contributed by atoms with Gasteiger partial charge < -0.3 is 0 Å². The van der Waals surface area contributed by atoms with Gasteiger partial charge in [-0.2, -0.15) is 0 Å². The fourth-order valence-corrected chi connectivity index (χ4v) is 3.49. The third-order valence-corrected chi connectivity index (χ3v) is 5.35. The number of nitrogens with zero attached hydrogens (tertiary/aromatic N) is 1. The largest absolute Gasteiger partial charge is 0.276 e. The average Bonchev–Trinajstić information content (AvgIpc) is 2.39. The van der Waals surface area contributed by atoms with Crippen LogP contribution in [0.2, 0.25) is 10.2 Å². The highest BCUT2D eigenvalue weighted by molar-refractivity contribution is 9.10. The molecule has 2 aromatic rings. The van der Waals surface area contributed by atoms with Crippen molar-refractivity contribution in [3.8, 4) is 0 Å². The number of aromatic nitrogens is 1. The van der Waals surface area contributed by atoms with Crippen molar-refractivity contribution in [3.63, 3.8) is 0 Å². The summed E-state index contributed by atoms with van der Waals surface area (Å²) >= 11 is 14.7. The van der Waals surface area contributed by atoms with Crippen LogP contribution in [0, 0.1) is 12.7 Å². The van der Waals surface area contributed by atoms with Gasteiger partial charge in [0.05, 0.1) is 5.69 Å². The topological polar surface area (TPSA) is 59.1 Å². The van der Waals surface area contributed by atoms with Crippen molar-refractivity contribution in [1.82, 2.24) is 4.98 Å². The van der Waals surface area contributed by atoms with Crippen LogP contribution in [0.5, 0.6) is 0 Å². The molecule has 112 valence electrons. The number of benzene rings is 1. The van der Waals surface area contributed by atoms with Gasteiger partial charge >= 0.3 is 0 Å². The molecule has 4 nitrogen and oxygen atoms in total. The smallest absolute Gasteiger partial charge is 0.264 e. The minimum atomic E-state index is -4.15. The number of sulfonamides is 1. The summed E-state index contributed by atoms with van der Waals surface area (Å²) in [7, 11) is -4.15. The first-order valence-electron chi connectivity index (χ1n) is 5.51. The normalized spacial score (nSPS) is 11.5. The van der Waals surface area contributed by atoms with Crippen LogP contribution in [0.4, 0.5) is 10.1 Å². The molecule has 0 aliphatic heterocycles. The zero-order chi connectivity index (χ0) is 15.8. The van der Waals surface area contributed by atoms with Crippen LogP contribution < -0.4 is 4.72 Å². The maximum Gasteiger partial charge on any atom is 0.264 e. The first kappa shape index (κ1) is 16.5. The van der Waals surface area contributed by atoms with Gasteiger partial charge in [0.1, 0.15) is 10.7 Å². The monoisotopic (exact) mass is 412 g/mol. The first-order chi connectivity index (χ1) is 9.72. The molecule has 0 bridgehead atoms. The number of hydrogen-bond donors (Lipinski definition) is 1. The van der Waals surface area contributed by atoms with E-state index < -0.39 is 20.7 Å². The molecule has 9 heteroatoms. The molecule has 0 saturated heterocycles. The minimum absolute atomic E-state index is 0.0337. The molecule has 2 rings (SSSR count). The molecule has 0 amide bonds. The van der Waals surface area contributed by atoms with Gasteiger partial charge in [0.25, 0.3) is 10.0 Å². The van der Waals surface area contributed by atoms with Crippen molar-refractivity contribution in [2.45, 2.75) is 11.8 Å². The highest BCUT2D eigenvalue weighted by Gasteiger charge is 2.22. The Hall–Kier alpha value is -0.890. The van der Waals surface area contributed by atoms with Crippen LogP contribution >= 0.6 is 39.1 Å². The van der Waals surface area contributed by atoms with Crippen molar-refractivity contribution in [2.75, 3.05) is 4.72 Å². The van der Waals surface area contributed by atoms with Gasteiger partial charge in [0, 0.05) is 15.7 Å². The van der Waals surface area contributed by atoms with Gasteiger partial charge in [-0.1, -0.05) is 23.2 Å². The molecule has 1 heterocycles. The van der Waals surface area contributed by atoms with E-state index in [1.54, 1.807) is 6.92 Å². The lowest BCUT2D eigenvalue weighted by atomic mass is 10.3. The highest BCUT2D eigenvalue weighted by atomic mass is 79.9. The summed E-state index contributed by atoms with van der Waals surface area (Å²) in [5, 5.41) is 0.0680. The van der Waals surface area contributed by atoms with E-state index in [1.165, 1.54) is 12.3 Å². The fourth-order valence-electron chi connectivity index (χ4n) is 1.55. The molecular formula is C12H8BrCl2FN2O2S. The van der Waals surface area contributed by atoms with E-state index in [4.69, 9.17) is 23.2 Å². The van der Waals surface area contributed by atoms with Crippen LogP contribution in [-0.4, -0.2) is 13.4 Å². The average molecular weight is 414 g/mol. The van der Waals surface area contributed by atoms with Gasteiger partial charge in [-0.25, -0.2) is 17.8 Å². The summed E-state index contributed by atoms with van der Waals surface area (Å²) in [6.07, 6.45) is 1.44. The van der Waals surface area contributed by atoms with Gasteiger partial charge in [-0.3, -0.25) is 4.72 Å². The lowest BCUT2D eigenvalue weighted by molar-refractivity contribution is 0.570. The summed E-state index contributed by atoms with van der Waals surface area (Å²) in [6.45, 7) is 1.65. The Balaban J connectivity index is 2.50. The van der Waals surface area contributed by atoms with Crippen molar-refractivity contribution < 1.29 is 12.8 Å². The zero-order valence-corrected chi connectivity index (χ0v) is 14.4. The predicted octanol–water partition coefficient (Wildman–Crippen LogP) is 4.40. The molecule has 0 saturated carbocycles. The van der Waals surface area contributed by atoms with Crippen molar-refractivity contribution in [3.05, 3.63) is 50.4 Å². The van der Waals surface area contributed by atoms with Gasteiger partial charge in [0.2, 0.25) is 0 Å². The van der Waals surface area contributed by atoms with E-state index in [0.29, 0.717) is 10.0 Å². The number of pyridine rings is 1. The number of hydrogen-bond acceptors (Lipinski definition) is 3. The Morgan fingerprint density at radius 2 is 2.00 bits per heavy atom. The van der Waals surface area contributed by atoms with Crippen molar-refractivity contribution in [1.29, 1.82) is 0 Å². The zero-order valence-electron chi connectivity index (χ0n) is 10.5. The van der Waals surface area contributed by atoms with E-state index >= 15 is 0 Å². The molecule has 1 N–H and O–H groups in total. The fraction of sp³-hybridized carbons (Fsp3) is 0.0833. The highest BCUT2D eigenvalue weighted by Crippen LogP contribution is 2.31. The standard InChI is InChI=1S/C12H8BrCl2FN2O2S/c1-6-8(13)5-17-12(15)11(6)18-21(19,20)10-3-2-7(14)4-9(10)16/h2-5,18H,1H3. The molecule has 0 fully saturated rings. The van der Waals surface area contributed by atoms with Crippen LogP contribution in [0.15, 0.2) is 33.8 Å². The van der Waals surface area contributed by atoms with Crippen LogP contribution in [0.25, 0.3) is 0 Å². The van der Waals surface area contributed by atoms with E-state index in [2.05, 4.69) is 25.6 Å². The first-order valence-corrected chi connectivity index (χ1v) is 8.54. The molecule has 0 radical (unpaired) electrons. The number of anilines is 1. The molecule has 1 aromatic carbocycles. The molecule has 0 aliphatic carbocycles. The predicted molar refractivity (Wildman–Crippen MR) is 83.9 cm³/mol. The maximum absolute atomic E-state index is 13.8. The third-order valence-electron chi connectivity index (χ3n) is 2.65. The van der Waals surface area contributed by atoms with Gasteiger partial charge in [0.15, 0.2) is 5.15 Å². The van der Waals surface area contributed by atoms with Crippen LogP contribution in [-0.2, 0) is 10.0 Å². The summed E-state index contributed by atoms with van der Waals surface area (Å²) in [5.74, 6) is -0.952. The molecule has 1 aromatic heterocycles. The lowest BCUT2D eigenvalue weighted by Gasteiger charge is -2.13. The molecule has 21 heavy (non-hydrogen) atoms. The Labute approximate surface area is 139 Å². The van der Waals surface area contributed by atoms with Gasteiger partial charge in [-0.05, 0) is 46.6 Å². The van der Waals surface area contributed by atoms with Crippen LogP contribution in [0.1, 0.15) is 5.56 Å². The van der Waals surface area contributed by atoms with Crippen molar-refractivity contribution in [2.24, 2.45) is 0 Å². The van der Waals surface area contributed by atoms with E-state index in [-0.39, 0.29) is 15.9 Å². The molecule has 0 aliphatic rings. The molecule has 0 spiro atoms. The SMILES string of the molecule is Cc1c(Br)cnc(Cl)c1NS(=O)(=O)c1ccc(Cl)cc1F. The lowest BCUT2D eigenvalue weighted by Crippen LogP contribution is -2.16. The second-order valence-corrected chi connectivity index (χ2v) is 7.38. The minimum Gasteiger partial charge on any atom is -0.276 e.